The summed E-state index contributed by atoms with van der Waals surface area (Å²) in [6.07, 6.45) is 6.05. The molecule has 0 radical (unpaired) electrons. The van der Waals surface area contributed by atoms with Gasteiger partial charge < -0.3 is 0 Å². The zero-order valence-corrected chi connectivity index (χ0v) is 8.09. The lowest BCUT2D eigenvalue weighted by Gasteiger charge is -1.97. The Hall–Kier alpha value is -1.86. The Morgan fingerprint density at radius 1 is 1.33 bits per heavy atom. The topological polar surface area (TPSA) is 12.9 Å². The maximum absolute atomic E-state index is 13.4. The van der Waals surface area contributed by atoms with E-state index in [1.165, 1.54) is 0 Å². The fourth-order valence-electron chi connectivity index (χ4n) is 1.31. The van der Waals surface area contributed by atoms with Crippen molar-refractivity contribution in [2.75, 3.05) is 0 Å². The highest BCUT2D eigenvalue weighted by Crippen LogP contribution is 2.25. The standard InChI is InChI=1S/C12H8F2N/c1-8-4-5-15-12(6-8)10-3-2-9(13)7-11(10)14/h2,4-7H,1H3/q+1. The van der Waals surface area contributed by atoms with Crippen LogP contribution in [0.15, 0.2) is 42.1 Å². The van der Waals surface area contributed by atoms with Crippen molar-refractivity contribution in [3.05, 3.63) is 59.5 Å². The molecule has 1 aliphatic rings. The minimum absolute atomic E-state index is 0.195. The molecule has 0 atom stereocenters. The molecule has 15 heavy (non-hydrogen) atoms. The van der Waals surface area contributed by atoms with Crippen LogP contribution in [-0.4, -0.2) is 4.98 Å². The van der Waals surface area contributed by atoms with Gasteiger partial charge in [-0.15, -0.1) is 8.78 Å². The van der Waals surface area contributed by atoms with E-state index < -0.39 is 11.7 Å². The molecule has 1 aliphatic carbocycles. The first-order valence-corrected chi connectivity index (χ1v) is 4.46. The molecule has 1 aromatic rings. The smallest absolute Gasteiger partial charge is 0.206 e. The van der Waals surface area contributed by atoms with Gasteiger partial charge in [-0.3, -0.25) is 0 Å². The van der Waals surface area contributed by atoms with Gasteiger partial charge in [-0.05, 0) is 18.6 Å². The monoisotopic (exact) mass is 204 g/mol. The van der Waals surface area contributed by atoms with E-state index in [1.807, 2.05) is 13.0 Å². The van der Waals surface area contributed by atoms with Crippen LogP contribution in [0, 0.1) is 13.0 Å². The van der Waals surface area contributed by atoms with Gasteiger partial charge in [0.2, 0.25) is 17.2 Å². The van der Waals surface area contributed by atoms with Crippen molar-refractivity contribution >= 4 is 5.57 Å². The number of hydrogen-bond donors (Lipinski definition) is 0. The van der Waals surface area contributed by atoms with Gasteiger partial charge in [-0.1, -0.05) is 0 Å². The second-order valence-electron chi connectivity index (χ2n) is 3.26. The van der Waals surface area contributed by atoms with Crippen molar-refractivity contribution in [2.45, 2.75) is 6.92 Å². The van der Waals surface area contributed by atoms with Crippen molar-refractivity contribution in [1.82, 2.24) is 4.98 Å². The summed E-state index contributed by atoms with van der Waals surface area (Å²) in [5, 5.41) is 0. The summed E-state index contributed by atoms with van der Waals surface area (Å²) in [5.41, 5.74) is 1.63. The summed E-state index contributed by atoms with van der Waals surface area (Å²) in [6, 6.07) is 3.54. The first-order chi connectivity index (χ1) is 7.16. The fraction of sp³-hybridized carbons (Fsp3) is 0.0833. The summed E-state index contributed by atoms with van der Waals surface area (Å²) in [7, 11) is 0. The van der Waals surface area contributed by atoms with Crippen molar-refractivity contribution in [3.8, 4) is 0 Å². The number of pyridine rings is 1. The van der Waals surface area contributed by atoms with Gasteiger partial charge in [0.05, 0.1) is 6.08 Å². The average Bonchev–Trinajstić information content (AvgIpc) is 2.17. The van der Waals surface area contributed by atoms with Crippen LogP contribution in [0.4, 0.5) is 8.78 Å². The lowest BCUT2D eigenvalue weighted by Crippen LogP contribution is -1.93. The summed E-state index contributed by atoms with van der Waals surface area (Å²) < 4.78 is 26.0. The second-order valence-corrected chi connectivity index (χ2v) is 3.26. The van der Waals surface area contributed by atoms with E-state index >= 15 is 0 Å². The Balaban J connectivity index is 2.49. The maximum Gasteiger partial charge on any atom is 0.236 e. The molecule has 1 heterocycles. The highest BCUT2D eigenvalue weighted by Gasteiger charge is 2.21. The highest BCUT2D eigenvalue weighted by molar-refractivity contribution is 5.74. The van der Waals surface area contributed by atoms with Gasteiger partial charge in [0.1, 0.15) is 6.08 Å². The third-order valence-electron chi connectivity index (χ3n) is 2.03. The minimum Gasteiger partial charge on any atom is -0.206 e. The van der Waals surface area contributed by atoms with Crippen molar-refractivity contribution in [1.29, 1.82) is 0 Å². The van der Waals surface area contributed by atoms with Crippen LogP contribution in [-0.2, 0) is 0 Å². The van der Waals surface area contributed by atoms with Gasteiger partial charge in [0, 0.05) is 18.3 Å². The van der Waals surface area contributed by atoms with Gasteiger partial charge in [-0.25, -0.2) is 4.98 Å². The molecule has 2 rings (SSSR count). The fourth-order valence-corrected chi connectivity index (χ4v) is 1.31. The third kappa shape index (κ3) is 1.97. The molecule has 0 spiro atoms. The number of halogens is 2. The average molecular weight is 204 g/mol. The van der Waals surface area contributed by atoms with Crippen molar-refractivity contribution < 1.29 is 8.78 Å². The maximum atomic E-state index is 13.4. The molecule has 0 amide bonds. The number of aromatic nitrogens is 1. The molecule has 0 bridgehead atoms. The Bertz CT molecular complexity index is 484. The van der Waals surface area contributed by atoms with E-state index in [4.69, 9.17) is 0 Å². The SMILES string of the molecule is Cc1ccnc(C2=C(F)C=C(F)C=[C+]2)c1. The second kappa shape index (κ2) is 3.71. The number of aryl methyl sites for hydroxylation is 1. The van der Waals surface area contributed by atoms with Crippen molar-refractivity contribution in [3.63, 3.8) is 0 Å². The Kier molecular flexibility index (Phi) is 2.40. The first kappa shape index (κ1) is 9.69. The lowest BCUT2D eigenvalue weighted by atomic mass is 10.1. The van der Waals surface area contributed by atoms with Crippen LogP contribution in [0.3, 0.4) is 0 Å². The summed E-state index contributed by atoms with van der Waals surface area (Å²) in [6.45, 7) is 1.88. The van der Waals surface area contributed by atoms with Crippen LogP contribution in [0.5, 0.6) is 0 Å². The Morgan fingerprint density at radius 2 is 2.13 bits per heavy atom. The number of nitrogens with zero attached hydrogens (tertiary/aromatic N) is 1. The van der Waals surface area contributed by atoms with Crippen LogP contribution in [0.1, 0.15) is 11.3 Å². The molecule has 74 valence electrons. The molecule has 0 saturated heterocycles. The highest BCUT2D eigenvalue weighted by atomic mass is 19.1. The Labute approximate surface area is 86.5 Å². The quantitative estimate of drug-likeness (QED) is 0.639. The van der Waals surface area contributed by atoms with Gasteiger partial charge in [0.25, 0.3) is 0 Å². The van der Waals surface area contributed by atoms with Gasteiger partial charge in [0.15, 0.2) is 5.69 Å². The third-order valence-corrected chi connectivity index (χ3v) is 2.03. The molecule has 1 nitrogen and oxygen atoms in total. The van der Waals surface area contributed by atoms with Crippen molar-refractivity contribution in [2.24, 2.45) is 0 Å². The number of rotatable bonds is 1. The predicted octanol–water partition coefficient (Wildman–Crippen LogP) is 3.30. The largest absolute Gasteiger partial charge is 0.236 e. The molecular formula is C12H8F2N+. The molecule has 0 fully saturated rings. The van der Waals surface area contributed by atoms with E-state index in [0.29, 0.717) is 5.69 Å². The van der Waals surface area contributed by atoms with E-state index in [9.17, 15) is 8.78 Å². The zero-order valence-electron chi connectivity index (χ0n) is 8.09. The van der Waals surface area contributed by atoms with Gasteiger partial charge in [-0.2, -0.15) is 0 Å². The summed E-state index contributed by atoms with van der Waals surface area (Å²) in [5.74, 6) is -1.28. The molecule has 1 aromatic heterocycles. The molecular weight excluding hydrogens is 196 g/mol. The van der Waals surface area contributed by atoms with Crippen LogP contribution in [0.2, 0.25) is 0 Å². The number of allylic oxidation sites excluding steroid dienone is 6. The summed E-state index contributed by atoms with van der Waals surface area (Å²) >= 11 is 0. The molecule has 3 heteroatoms. The molecule has 0 aromatic carbocycles. The van der Waals surface area contributed by atoms with Crippen LogP contribution < -0.4 is 0 Å². The Morgan fingerprint density at radius 3 is 2.80 bits per heavy atom. The van der Waals surface area contributed by atoms with E-state index in [2.05, 4.69) is 11.1 Å². The van der Waals surface area contributed by atoms with Crippen LogP contribution >= 0.6 is 0 Å². The number of hydrogen-bond acceptors (Lipinski definition) is 1. The first-order valence-electron chi connectivity index (χ1n) is 4.46. The molecule has 0 aliphatic heterocycles. The molecule has 0 saturated carbocycles. The minimum atomic E-state index is -0.645. The predicted molar refractivity (Wildman–Crippen MR) is 54.0 cm³/mol. The van der Waals surface area contributed by atoms with E-state index in [0.717, 1.165) is 17.7 Å². The lowest BCUT2D eigenvalue weighted by molar-refractivity contribution is 0.628. The summed E-state index contributed by atoms with van der Waals surface area (Å²) in [4.78, 5) is 4.01. The van der Waals surface area contributed by atoms with Crippen LogP contribution in [0.25, 0.3) is 5.57 Å². The normalized spacial score (nSPS) is 15.0. The molecule has 0 N–H and O–H groups in total. The molecule has 0 unspecified atom stereocenters. The zero-order chi connectivity index (χ0) is 10.8. The van der Waals surface area contributed by atoms with E-state index in [1.54, 1.807) is 12.3 Å². The van der Waals surface area contributed by atoms with Gasteiger partial charge >= 0.3 is 0 Å². The van der Waals surface area contributed by atoms with E-state index in [-0.39, 0.29) is 5.57 Å².